The Hall–Kier alpha value is -2.75. The van der Waals surface area contributed by atoms with E-state index in [1.54, 1.807) is 0 Å². The third kappa shape index (κ3) is 3.45. The highest BCUT2D eigenvalue weighted by molar-refractivity contribution is 5.88. The maximum atomic E-state index is 9.46. The number of rotatable bonds is 4. The molecule has 0 radical (unpaired) electrons. The van der Waals surface area contributed by atoms with Gasteiger partial charge in [-0.05, 0) is 56.2 Å². The molecule has 2 atom stereocenters. The van der Waals surface area contributed by atoms with Crippen molar-refractivity contribution in [2.75, 3.05) is 42.6 Å². The van der Waals surface area contributed by atoms with Gasteiger partial charge in [-0.3, -0.25) is 5.10 Å². The van der Waals surface area contributed by atoms with Crippen LogP contribution in [0, 0.1) is 5.41 Å². The second kappa shape index (κ2) is 8.48. The Morgan fingerprint density at radius 3 is 2.88 bits per heavy atom. The summed E-state index contributed by atoms with van der Waals surface area (Å²) < 4.78 is 5.86. The first-order chi connectivity index (χ1) is 16.6. The van der Waals surface area contributed by atoms with E-state index in [2.05, 4.69) is 45.1 Å². The Labute approximate surface area is 199 Å². The zero-order valence-electron chi connectivity index (χ0n) is 19.7. The minimum atomic E-state index is 0.0884. The van der Waals surface area contributed by atoms with Crippen molar-refractivity contribution < 1.29 is 9.84 Å². The van der Waals surface area contributed by atoms with E-state index in [0.717, 1.165) is 74.8 Å². The smallest absolute Gasteiger partial charge is 0.183 e. The number of piperidine rings is 1. The first-order valence-corrected chi connectivity index (χ1v) is 12.4. The molecule has 0 aliphatic carbocycles. The molecule has 3 aliphatic rings. The summed E-state index contributed by atoms with van der Waals surface area (Å²) in [6, 6.07) is 6.41. The van der Waals surface area contributed by atoms with Gasteiger partial charge >= 0.3 is 0 Å². The van der Waals surface area contributed by atoms with Gasteiger partial charge in [-0.25, -0.2) is 9.97 Å². The molecule has 0 saturated carbocycles. The van der Waals surface area contributed by atoms with Crippen LogP contribution in [0.25, 0.3) is 11.2 Å². The molecule has 4 N–H and O–H groups in total. The predicted octanol–water partition coefficient (Wildman–Crippen LogP) is 2.30. The fraction of sp³-hybridized carbons (Fsp3) is 0.560. The van der Waals surface area contributed by atoms with Crippen LogP contribution in [0.2, 0.25) is 0 Å². The van der Waals surface area contributed by atoms with E-state index in [1.165, 1.54) is 11.1 Å². The molecule has 2 aromatic heterocycles. The van der Waals surface area contributed by atoms with E-state index in [-0.39, 0.29) is 24.2 Å². The molecule has 1 aromatic carbocycles. The number of hydrogen-bond acceptors (Lipinski definition) is 8. The average Bonchev–Trinajstić information content (AvgIpc) is 3.41. The summed E-state index contributed by atoms with van der Waals surface area (Å²) in [7, 11) is 0. The van der Waals surface area contributed by atoms with Gasteiger partial charge < -0.3 is 25.4 Å². The second-order valence-corrected chi connectivity index (χ2v) is 10.0. The van der Waals surface area contributed by atoms with Gasteiger partial charge in [-0.1, -0.05) is 12.1 Å². The van der Waals surface area contributed by atoms with E-state index in [0.29, 0.717) is 12.1 Å². The zero-order chi connectivity index (χ0) is 23.3. The SMILES string of the molecule is C[C@@H]1OCC2(CCN(c3cnc4c(N5CCCc6c(CCO)cccc65)n[nH]c4n3)CC2)[C@@H]1N. The van der Waals surface area contributed by atoms with Crippen LogP contribution in [0.3, 0.4) is 0 Å². The summed E-state index contributed by atoms with van der Waals surface area (Å²) in [5.41, 5.74) is 11.7. The van der Waals surface area contributed by atoms with Gasteiger partial charge in [0, 0.05) is 43.4 Å². The Kier molecular flexibility index (Phi) is 5.43. The van der Waals surface area contributed by atoms with Crippen LogP contribution >= 0.6 is 0 Å². The number of H-pyrrole nitrogens is 1. The molecule has 6 rings (SSSR count). The van der Waals surface area contributed by atoms with E-state index < -0.39 is 0 Å². The highest BCUT2D eigenvalue weighted by Crippen LogP contribution is 2.42. The topological polar surface area (TPSA) is 116 Å². The number of anilines is 3. The molecule has 1 spiro atoms. The molecular formula is C25H33N7O2. The first kappa shape index (κ1) is 21.8. The lowest BCUT2D eigenvalue weighted by molar-refractivity contribution is 0.0974. The molecule has 3 aromatic rings. The van der Waals surface area contributed by atoms with Crippen LogP contribution in [0.15, 0.2) is 24.4 Å². The Morgan fingerprint density at radius 2 is 2.12 bits per heavy atom. The summed E-state index contributed by atoms with van der Waals surface area (Å²) in [6.45, 7) is 5.68. The van der Waals surface area contributed by atoms with E-state index in [1.807, 2.05) is 6.20 Å². The van der Waals surface area contributed by atoms with Crippen molar-refractivity contribution in [1.29, 1.82) is 0 Å². The molecule has 2 fully saturated rings. The summed E-state index contributed by atoms with van der Waals surface area (Å²) >= 11 is 0. The highest BCUT2D eigenvalue weighted by Gasteiger charge is 2.47. The van der Waals surface area contributed by atoms with E-state index >= 15 is 0 Å². The normalized spacial score (nSPS) is 24.2. The van der Waals surface area contributed by atoms with Crippen LogP contribution < -0.4 is 15.5 Å². The van der Waals surface area contributed by atoms with Crippen molar-refractivity contribution in [1.82, 2.24) is 20.2 Å². The maximum absolute atomic E-state index is 9.46. The third-order valence-electron chi connectivity index (χ3n) is 8.15. The predicted molar refractivity (Wildman–Crippen MR) is 132 cm³/mol. The number of nitrogens with two attached hydrogens (primary N) is 1. The van der Waals surface area contributed by atoms with Gasteiger partial charge in [-0.2, -0.15) is 5.10 Å². The molecule has 9 heteroatoms. The van der Waals surface area contributed by atoms with E-state index in [9.17, 15) is 5.11 Å². The molecule has 180 valence electrons. The van der Waals surface area contributed by atoms with Crippen molar-refractivity contribution in [3.8, 4) is 0 Å². The van der Waals surface area contributed by atoms with Gasteiger partial charge in [0.15, 0.2) is 17.0 Å². The van der Waals surface area contributed by atoms with Crippen LogP contribution in [0.5, 0.6) is 0 Å². The number of aromatic nitrogens is 4. The monoisotopic (exact) mass is 463 g/mol. The van der Waals surface area contributed by atoms with Crippen LogP contribution in [0.4, 0.5) is 17.3 Å². The number of ether oxygens (including phenoxy) is 1. The van der Waals surface area contributed by atoms with Crippen LogP contribution in [0.1, 0.15) is 37.3 Å². The van der Waals surface area contributed by atoms with Gasteiger partial charge in [0.2, 0.25) is 0 Å². The molecule has 5 heterocycles. The van der Waals surface area contributed by atoms with Crippen LogP contribution in [-0.2, 0) is 17.6 Å². The van der Waals surface area contributed by atoms with Crippen molar-refractivity contribution in [3.63, 3.8) is 0 Å². The summed E-state index contributed by atoms with van der Waals surface area (Å²) in [5.74, 6) is 1.69. The van der Waals surface area contributed by atoms with Crippen molar-refractivity contribution >= 4 is 28.5 Å². The molecular weight excluding hydrogens is 430 g/mol. The highest BCUT2D eigenvalue weighted by atomic mass is 16.5. The second-order valence-electron chi connectivity index (χ2n) is 10.0. The van der Waals surface area contributed by atoms with Gasteiger partial charge in [0.05, 0.1) is 18.9 Å². The average molecular weight is 464 g/mol. The number of fused-ring (bicyclic) bond motifs is 2. The molecule has 2 saturated heterocycles. The summed E-state index contributed by atoms with van der Waals surface area (Å²) in [6.07, 6.45) is 6.75. The van der Waals surface area contributed by atoms with Gasteiger partial charge in [-0.15, -0.1) is 0 Å². The lowest BCUT2D eigenvalue weighted by Crippen LogP contribution is -2.50. The Bertz CT molecular complexity index is 1190. The molecule has 0 bridgehead atoms. The van der Waals surface area contributed by atoms with E-state index in [4.69, 9.17) is 20.4 Å². The zero-order valence-corrected chi connectivity index (χ0v) is 19.7. The summed E-state index contributed by atoms with van der Waals surface area (Å²) in [5, 5.41) is 17.2. The number of aliphatic hydroxyl groups is 1. The number of nitrogens with zero attached hydrogens (tertiary/aromatic N) is 5. The number of benzene rings is 1. The van der Waals surface area contributed by atoms with Crippen molar-refractivity contribution in [2.45, 2.75) is 51.2 Å². The molecule has 3 aliphatic heterocycles. The lowest BCUT2D eigenvalue weighted by Gasteiger charge is -2.41. The third-order valence-corrected chi connectivity index (χ3v) is 8.15. The molecule has 34 heavy (non-hydrogen) atoms. The fourth-order valence-electron chi connectivity index (χ4n) is 6.05. The van der Waals surface area contributed by atoms with Crippen LogP contribution in [-0.4, -0.2) is 70.3 Å². The van der Waals surface area contributed by atoms with Crippen molar-refractivity contribution in [2.24, 2.45) is 11.1 Å². The largest absolute Gasteiger partial charge is 0.396 e. The Balaban J connectivity index is 1.25. The summed E-state index contributed by atoms with van der Waals surface area (Å²) in [4.78, 5) is 14.2. The maximum Gasteiger partial charge on any atom is 0.183 e. The quantitative estimate of drug-likeness (QED) is 0.540. The molecule has 9 nitrogen and oxygen atoms in total. The minimum absolute atomic E-state index is 0.0884. The fourth-order valence-corrected chi connectivity index (χ4v) is 6.05. The van der Waals surface area contributed by atoms with Crippen molar-refractivity contribution in [3.05, 3.63) is 35.5 Å². The number of aliphatic hydroxyl groups excluding tert-OH is 1. The molecule has 0 unspecified atom stereocenters. The lowest BCUT2D eigenvalue weighted by atomic mass is 9.73. The standard InChI is InChI=1S/C25H33N7O2/c1-16-22(26)25(15-34-16)8-11-31(12-9-25)20-14-27-21-23(28-20)29-30-24(21)32-10-3-5-18-17(7-13-33)4-2-6-19(18)32/h2,4,6,14,16,22,33H,3,5,7-13,15,26H2,1H3,(H,28,29,30)/t16-,22+/m0/s1. The first-order valence-electron chi connectivity index (χ1n) is 12.4. The number of hydrogen-bond donors (Lipinski definition) is 3. The minimum Gasteiger partial charge on any atom is -0.396 e. The molecule has 0 amide bonds. The van der Waals surface area contributed by atoms with Gasteiger partial charge in [0.1, 0.15) is 5.82 Å². The Morgan fingerprint density at radius 1 is 1.26 bits per heavy atom. The van der Waals surface area contributed by atoms with Gasteiger partial charge in [0.25, 0.3) is 0 Å². The number of nitrogens with one attached hydrogen (secondary N) is 1. The number of aromatic amines is 1.